The second-order valence-electron chi connectivity index (χ2n) is 6.95. The Labute approximate surface area is 145 Å². The lowest BCUT2D eigenvalue weighted by molar-refractivity contribution is -0.137. The van der Waals surface area contributed by atoms with Crippen LogP contribution in [-0.2, 0) is 9.59 Å². The number of aryl methyl sites for hydroxylation is 1. The molecule has 1 aliphatic rings. The van der Waals surface area contributed by atoms with Crippen LogP contribution in [0.3, 0.4) is 0 Å². The van der Waals surface area contributed by atoms with Crippen molar-refractivity contribution in [1.82, 2.24) is 10.2 Å². The molecule has 132 valence electrons. The summed E-state index contributed by atoms with van der Waals surface area (Å²) in [6, 6.07) is 5.92. The number of nitrogens with zero attached hydrogens (tertiary/aromatic N) is 2. The number of benzene rings is 1. The summed E-state index contributed by atoms with van der Waals surface area (Å²) in [5.41, 5.74) is 3.84. The van der Waals surface area contributed by atoms with Gasteiger partial charge in [-0.25, -0.2) is 0 Å². The molecular weight excluding hydrogens is 302 g/mol. The van der Waals surface area contributed by atoms with Crippen LogP contribution in [0.5, 0.6) is 0 Å². The highest BCUT2D eigenvalue weighted by molar-refractivity contribution is 5.87. The SMILES string of the molecule is CC(=O)NC(C(=O)N1CCN(c2cccc(C)c2C)CC1)C(C)C. The lowest BCUT2D eigenvalue weighted by Crippen LogP contribution is -2.56. The van der Waals surface area contributed by atoms with E-state index >= 15 is 0 Å². The van der Waals surface area contributed by atoms with E-state index in [1.54, 1.807) is 0 Å². The standard InChI is InChI=1S/C19H29N3O2/c1-13(2)18(20-16(5)23)19(24)22-11-9-21(10-12-22)17-8-6-7-14(3)15(17)4/h6-8,13,18H,9-12H2,1-5H3,(H,20,23). The highest BCUT2D eigenvalue weighted by Gasteiger charge is 2.30. The Morgan fingerprint density at radius 2 is 1.71 bits per heavy atom. The molecule has 0 saturated carbocycles. The molecule has 1 fully saturated rings. The molecule has 0 aromatic heterocycles. The molecule has 1 aromatic rings. The fourth-order valence-electron chi connectivity index (χ4n) is 3.18. The van der Waals surface area contributed by atoms with E-state index in [1.807, 2.05) is 18.7 Å². The molecule has 1 atom stereocenters. The fourth-order valence-corrected chi connectivity index (χ4v) is 3.18. The van der Waals surface area contributed by atoms with E-state index in [-0.39, 0.29) is 17.7 Å². The zero-order valence-corrected chi connectivity index (χ0v) is 15.4. The van der Waals surface area contributed by atoms with Gasteiger partial charge in [0.1, 0.15) is 6.04 Å². The molecule has 0 spiro atoms. The summed E-state index contributed by atoms with van der Waals surface area (Å²) in [6.45, 7) is 12.7. The first-order chi connectivity index (χ1) is 11.3. The molecule has 5 nitrogen and oxygen atoms in total. The molecule has 1 aliphatic heterocycles. The Balaban J connectivity index is 2.02. The quantitative estimate of drug-likeness (QED) is 0.919. The second kappa shape index (κ2) is 7.69. The second-order valence-corrected chi connectivity index (χ2v) is 6.95. The molecule has 2 amide bonds. The average molecular weight is 331 g/mol. The lowest BCUT2D eigenvalue weighted by Gasteiger charge is -2.39. The van der Waals surface area contributed by atoms with Gasteiger partial charge in [0.2, 0.25) is 11.8 Å². The van der Waals surface area contributed by atoms with Crippen LogP contribution in [0.4, 0.5) is 5.69 Å². The van der Waals surface area contributed by atoms with E-state index in [1.165, 1.54) is 23.7 Å². The maximum absolute atomic E-state index is 12.7. The van der Waals surface area contributed by atoms with Gasteiger partial charge in [-0.1, -0.05) is 26.0 Å². The summed E-state index contributed by atoms with van der Waals surface area (Å²) in [6.07, 6.45) is 0. The normalized spacial score (nSPS) is 16.2. The maximum atomic E-state index is 12.7. The molecule has 0 aliphatic carbocycles. The summed E-state index contributed by atoms with van der Waals surface area (Å²) in [5.74, 6) is -0.0460. The van der Waals surface area contributed by atoms with Crippen molar-refractivity contribution in [3.8, 4) is 0 Å². The molecular formula is C19H29N3O2. The number of rotatable bonds is 4. The molecule has 1 saturated heterocycles. The minimum absolute atomic E-state index is 0.0285. The van der Waals surface area contributed by atoms with E-state index in [4.69, 9.17) is 0 Å². The number of carbonyl (C=O) groups is 2. The minimum atomic E-state index is -0.435. The van der Waals surface area contributed by atoms with Gasteiger partial charge in [0, 0.05) is 38.8 Å². The van der Waals surface area contributed by atoms with Gasteiger partial charge in [0.15, 0.2) is 0 Å². The van der Waals surface area contributed by atoms with Gasteiger partial charge >= 0.3 is 0 Å². The summed E-state index contributed by atoms with van der Waals surface area (Å²) >= 11 is 0. The third-order valence-corrected chi connectivity index (χ3v) is 4.80. The smallest absolute Gasteiger partial charge is 0.245 e. The Morgan fingerprint density at radius 1 is 1.08 bits per heavy atom. The maximum Gasteiger partial charge on any atom is 0.245 e. The molecule has 0 bridgehead atoms. The Bertz CT molecular complexity index is 605. The third kappa shape index (κ3) is 4.08. The Kier molecular flexibility index (Phi) is 5.86. The lowest BCUT2D eigenvalue weighted by atomic mass is 10.0. The first-order valence-corrected chi connectivity index (χ1v) is 8.68. The van der Waals surface area contributed by atoms with Crippen LogP contribution >= 0.6 is 0 Å². The van der Waals surface area contributed by atoms with Gasteiger partial charge in [-0.15, -0.1) is 0 Å². The summed E-state index contributed by atoms with van der Waals surface area (Å²) < 4.78 is 0. The number of anilines is 1. The summed E-state index contributed by atoms with van der Waals surface area (Å²) in [4.78, 5) is 28.3. The van der Waals surface area contributed by atoms with Crippen molar-refractivity contribution < 1.29 is 9.59 Å². The number of hydrogen-bond donors (Lipinski definition) is 1. The van der Waals surface area contributed by atoms with Crippen molar-refractivity contribution in [3.63, 3.8) is 0 Å². The van der Waals surface area contributed by atoms with Crippen LogP contribution in [0.1, 0.15) is 31.9 Å². The van der Waals surface area contributed by atoms with Crippen molar-refractivity contribution in [2.24, 2.45) is 5.92 Å². The molecule has 1 aromatic carbocycles. The van der Waals surface area contributed by atoms with Gasteiger partial charge in [-0.3, -0.25) is 9.59 Å². The number of hydrogen-bond acceptors (Lipinski definition) is 3. The van der Waals surface area contributed by atoms with Crippen LogP contribution < -0.4 is 10.2 Å². The number of amides is 2. The Hall–Kier alpha value is -2.04. The van der Waals surface area contributed by atoms with Gasteiger partial charge in [0.25, 0.3) is 0 Å². The first kappa shape index (κ1) is 18.3. The largest absolute Gasteiger partial charge is 0.368 e. The first-order valence-electron chi connectivity index (χ1n) is 8.68. The summed E-state index contributed by atoms with van der Waals surface area (Å²) in [7, 11) is 0. The zero-order valence-electron chi connectivity index (χ0n) is 15.4. The summed E-state index contributed by atoms with van der Waals surface area (Å²) in [5, 5.41) is 2.79. The fraction of sp³-hybridized carbons (Fsp3) is 0.579. The molecule has 1 unspecified atom stereocenters. The number of carbonyl (C=O) groups excluding carboxylic acids is 2. The van der Waals surface area contributed by atoms with Gasteiger partial charge in [-0.05, 0) is 37.0 Å². The average Bonchev–Trinajstić information content (AvgIpc) is 2.54. The topological polar surface area (TPSA) is 52.7 Å². The van der Waals surface area contributed by atoms with Gasteiger partial charge < -0.3 is 15.1 Å². The monoisotopic (exact) mass is 331 g/mol. The predicted molar refractivity (Wildman–Crippen MR) is 97.2 cm³/mol. The Morgan fingerprint density at radius 3 is 2.25 bits per heavy atom. The van der Waals surface area contributed by atoms with Gasteiger partial charge in [0.05, 0.1) is 0 Å². The predicted octanol–water partition coefficient (Wildman–Crippen LogP) is 2.11. The van der Waals surface area contributed by atoms with Crippen LogP contribution in [0, 0.1) is 19.8 Å². The van der Waals surface area contributed by atoms with Crippen LogP contribution in [0.25, 0.3) is 0 Å². The van der Waals surface area contributed by atoms with E-state index < -0.39 is 6.04 Å². The van der Waals surface area contributed by atoms with Crippen LogP contribution in [-0.4, -0.2) is 48.9 Å². The van der Waals surface area contributed by atoms with Gasteiger partial charge in [-0.2, -0.15) is 0 Å². The van der Waals surface area contributed by atoms with Crippen molar-refractivity contribution in [3.05, 3.63) is 29.3 Å². The highest BCUT2D eigenvalue weighted by atomic mass is 16.2. The van der Waals surface area contributed by atoms with E-state index in [9.17, 15) is 9.59 Å². The van der Waals surface area contributed by atoms with E-state index in [2.05, 4.69) is 42.3 Å². The molecule has 2 rings (SSSR count). The minimum Gasteiger partial charge on any atom is -0.368 e. The van der Waals surface area contributed by atoms with Crippen molar-refractivity contribution in [2.75, 3.05) is 31.1 Å². The molecule has 1 heterocycles. The van der Waals surface area contributed by atoms with Crippen molar-refractivity contribution in [2.45, 2.75) is 40.7 Å². The van der Waals surface area contributed by atoms with Crippen LogP contribution in [0.2, 0.25) is 0 Å². The molecule has 1 N–H and O–H groups in total. The van der Waals surface area contributed by atoms with E-state index in [0.29, 0.717) is 13.1 Å². The third-order valence-electron chi connectivity index (χ3n) is 4.80. The zero-order chi connectivity index (χ0) is 17.9. The van der Waals surface area contributed by atoms with Crippen LogP contribution in [0.15, 0.2) is 18.2 Å². The highest BCUT2D eigenvalue weighted by Crippen LogP contribution is 2.24. The van der Waals surface area contributed by atoms with Crippen molar-refractivity contribution >= 4 is 17.5 Å². The number of nitrogens with one attached hydrogen (secondary N) is 1. The number of piperazine rings is 1. The molecule has 0 radical (unpaired) electrons. The van der Waals surface area contributed by atoms with E-state index in [0.717, 1.165) is 13.1 Å². The van der Waals surface area contributed by atoms with Crippen molar-refractivity contribution in [1.29, 1.82) is 0 Å². The molecule has 5 heteroatoms. The molecule has 24 heavy (non-hydrogen) atoms.